The predicted octanol–water partition coefficient (Wildman–Crippen LogP) is 4.09. The molecule has 4 aromatic rings. The van der Waals surface area contributed by atoms with Crippen LogP contribution in [0.3, 0.4) is 0 Å². The molecule has 0 spiro atoms. The topological polar surface area (TPSA) is 102 Å². The fourth-order valence-corrected chi connectivity index (χ4v) is 4.74. The lowest BCUT2D eigenvalue weighted by atomic mass is 10.1. The van der Waals surface area contributed by atoms with E-state index in [9.17, 15) is 9.59 Å². The smallest absolute Gasteiger partial charge is 0.298 e. The lowest BCUT2D eigenvalue weighted by Gasteiger charge is -2.14. The molecule has 9 nitrogen and oxygen atoms in total. The third-order valence-corrected chi connectivity index (χ3v) is 6.53. The zero-order chi connectivity index (χ0) is 26.6. The number of pyridine rings is 1. The van der Waals surface area contributed by atoms with E-state index < -0.39 is 0 Å². The third-order valence-electron chi connectivity index (χ3n) is 6.53. The van der Waals surface area contributed by atoms with Crippen molar-refractivity contribution in [3.63, 3.8) is 0 Å². The van der Waals surface area contributed by atoms with Gasteiger partial charge in [-0.2, -0.15) is 0 Å². The molecule has 1 aliphatic rings. The lowest BCUT2D eigenvalue weighted by molar-refractivity contribution is -0.124. The van der Waals surface area contributed by atoms with Crippen LogP contribution >= 0.6 is 0 Å². The maximum absolute atomic E-state index is 12.7. The Morgan fingerprint density at radius 1 is 1.16 bits per heavy atom. The number of ether oxygens (including phenoxy) is 1. The normalized spacial score (nSPS) is 14.7. The highest BCUT2D eigenvalue weighted by molar-refractivity contribution is 6.04. The Hall–Kier alpha value is -4.71. The number of fused-ring (bicyclic) bond motifs is 1. The summed E-state index contributed by atoms with van der Waals surface area (Å²) >= 11 is 0. The zero-order valence-electron chi connectivity index (χ0n) is 21.6. The van der Waals surface area contributed by atoms with Crippen molar-refractivity contribution in [2.24, 2.45) is 0 Å². The maximum Gasteiger partial charge on any atom is 0.298 e. The number of rotatable bonds is 6. The highest BCUT2D eigenvalue weighted by Crippen LogP contribution is 2.36. The number of anilines is 1. The van der Waals surface area contributed by atoms with Gasteiger partial charge in [-0.3, -0.25) is 19.0 Å². The Labute approximate surface area is 220 Å². The van der Waals surface area contributed by atoms with Gasteiger partial charge in [-0.1, -0.05) is 24.1 Å². The van der Waals surface area contributed by atoms with Gasteiger partial charge in [0.15, 0.2) is 0 Å². The van der Waals surface area contributed by atoms with Crippen molar-refractivity contribution in [1.29, 1.82) is 0 Å². The number of carbonyl (C=O) groups is 2. The van der Waals surface area contributed by atoms with Gasteiger partial charge in [0, 0.05) is 36.3 Å². The number of carbonyl (C=O) groups excluding carboxylic acids is 2. The van der Waals surface area contributed by atoms with Crippen molar-refractivity contribution >= 4 is 23.1 Å². The first kappa shape index (κ1) is 25.0. The molecule has 1 atom stereocenters. The van der Waals surface area contributed by atoms with Crippen LogP contribution in [0.2, 0.25) is 0 Å². The summed E-state index contributed by atoms with van der Waals surface area (Å²) in [6.07, 6.45) is 4.12. The van der Waals surface area contributed by atoms with E-state index in [0.717, 1.165) is 34.7 Å². The number of benzene rings is 1. The van der Waals surface area contributed by atoms with Gasteiger partial charge in [0.25, 0.3) is 11.8 Å². The minimum absolute atomic E-state index is 0.0169. The highest BCUT2D eigenvalue weighted by Gasteiger charge is 2.32. The number of imidazole rings is 1. The number of hydrogen-bond acceptors (Lipinski definition) is 6. The quantitative estimate of drug-likeness (QED) is 0.394. The molecule has 1 N–H and O–H groups in total. The van der Waals surface area contributed by atoms with Crippen LogP contribution in [0.4, 0.5) is 5.82 Å². The molecule has 4 heterocycles. The Kier molecular flexibility index (Phi) is 7.05. The molecule has 1 saturated heterocycles. The molecule has 0 radical (unpaired) electrons. The highest BCUT2D eigenvalue weighted by atomic mass is 16.5. The maximum atomic E-state index is 12.7. The summed E-state index contributed by atoms with van der Waals surface area (Å²) in [5, 5.41) is 2.80. The predicted molar refractivity (Wildman–Crippen MR) is 144 cm³/mol. The molecule has 192 valence electrons. The minimum atomic E-state index is -0.243. The molecule has 5 rings (SSSR count). The van der Waals surface area contributed by atoms with Gasteiger partial charge >= 0.3 is 0 Å². The molecular weight excluding hydrogens is 480 g/mol. The Morgan fingerprint density at radius 2 is 1.97 bits per heavy atom. The van der Waals surface area contributed by atoms with Gasteiger partial charge in [0.2, 0.25) is 5.88 Å². The SMILES string of the molecule is CC#CC(=O)N1CCC(c2nc(-c3ccc(C(=O)Nc4ccccn4)cc3)c3c(C)ncc(OCC)n23)C1. The van der Waals surface area contributed by atoms with E-state index in [1.165, 1.54) is 0 Å². The van der Waals surface area contributed by atoms with E-state index in [0.29, 0.717) is 37.0 Å². The average Bonchev–Trinajstić information content (AvgIpc) is 3.58. The van der Waals surface area contributed by atoms with E-state index in [4.69, 9.17) is 9.72 Å². The summed E-state index contributed by atoms with van der Waals surface area (Å²) in [5.41, 5.74) is 3.76. The first-order valence-corrected chi connectivity index (χ1v) is 12.5. The van der Waals surface area contributed by atoms with E-state index in [2.05, 4.69) is 27.1 Å². The first-order valence-electron chi connectivity index (χ1n) is 12.5. The number of aromatic nitrogens is 4. The second-order valence-electron chi connectivity index (χ2n) is 8.98. The molecule has 1 aromatic carbocycles. The summed E-state index contributed by atoms with van der Waals surface area (Å²) in [4.78, 5) is 40.7. The molecular formula is C29H28N6O3. The molecule has 0 aliphatic carbocycles. The first-order chi connectivity index (χ1) is 18.5. The van der Waals surface area contributed by atoms with Crippen LogP contribution in [0.5, 0.6) is 5.88 Å². The van der Waals surface area contributed by atoms with Gasteiger partial charge in [-0.15, -0.1) is 0 Å². The summed E-state index contributed by atoms with van der Waals surface area (Å²) in [5.74, 6) is 6.85. The van der Waals surface area contributed by atoms with Crippen molar-refractivity contribution in [2.45, 2.75) is 33.1 Å². The lowest BCUT2D eigenvalue weighted by Crippen LogP contribution is -2.27. The van der Waals surface area contributed by atoms with Crippen molar-refractivity contribution in [3.05, 3.63) is 71.9 Å². The largest absolute Gasteiger partial charge is 0.478 e. The molecule has 2 amide bonds. The summed E-state index contributed by atoms with van der Waals surface area (Å²) in [6, 6.07) is 12.7. The fraction of sp³-hybridized carbons (Fsp3) is 0.276. The third kappa shape index (κ3) is 4.81. The zero-order valence-corrected chi connectivity index (χ0v) is 21.6. The van der Waals surface area contributed by atoms with Crippen LogP contribution in [0.15, 0.2) is 54.9 Å². The van der Waals surface area contributed by atoms with E-state index in [1.807, 2.05) is 36.4 Å². The molecule has 1 unspecified atom stereocenters. The monoisotopic (exact) mass is 508 g/mol. The standard InChI is InChI=1S/C29H28N6O3/c1-4-8-24(36)34-16-14-22(18-34)28-33-26(27-19(3)31-17-25(35(27)28)38-5-2)20-10-12-21(13-11-20)29(37)32-23-9-6-7-15-30-23/h6-7,9-13,15,17,22H,5,14,16,18H2,1-3H3,(H,30,32,37). The molecule has 0 saturated carbocycles. The molecule has 1 fully saturated rings. The van der Waals surface area contributed by atoms with Gasteiger partial charge in [0.1, 0.15) is 11.6 Å². The van der Waals surface area contributed by atoms with Gasteiger partial charge in [-0.05, 0) is 57.4 Å². The van der Waals surface area contributed by atoms with Crippen LogP contribution in [-0.2, 0) is 4.79 Å². The van der Waals surface area contributed by atoms with E-state index in [-0.39, 0.29) is 17.7 Å². The summed E-state index contributed by atoms with van der Waals surface area (Å²) < 4.78 is 7.96. The van der Waals surface area contributed by atoms with Crippen LogP contribution < -0.4 is 10.1 Å². The van der Waals surface area contributed by atoms with Crippen LogP contribution in [0, 0.1) is 18.8 Å². The van der Waals surface area contributed by atoms with Gasteiger partial charge < -0.3 is 15.0 Å². The summed E-state index contributed by atoms with van der Waals surface area (Å²) in [7, 11) is 0. The van der Waals surface area contributed by atoms with Crippen molar-refractivity contribution in [3.8, 4) is 29.0 Å². The number of nitrogens with one attached hydrogen (secondary N) is 1. The Balaban J connectivity index is 1.52. The fourth-order valence-electron chi connectivity index (χ4n) is 4.74. The minimum Gasteiger partial charge on any atom is -0.478 e. The molecule has 3 aromatic heterocycles. The number of amides is 2. The molecule has 9 heteroatoms. The van der Waals surface area contributed by atoms with E-state index >= 15 is 0 Å². The molecule has 1 aliphatic heterocycles. The Bertz CT molecular complexity index is 1550. The summed E-state index contributed by atoms with van der Waals surface area (Å²) in [6.45, 7) is 7.17. The molecule has 38 heavy (non-hydrogen) atoms. The Morgan fingerprint density at radius 3 is 2.68 bits per heavy atom. The van der Waals surface area contributed by atoms with Gasteiger partial charge in [-0.25, -0.2) is 9.97 Å². The second kappa shape index (κ2) is 10.7. The van der Waals surface area contributed by atoms with Crippen molar-refractivity contribution in [2.75, 3.05) is 25.0 Å². The van der Waals surface area contributed by atoms with Crippen LogP contribution in [0.25, 0.3) is 16.8 Å². The number of likely N-dealkylation sites (tertiary alicyclic amines) is 1. The van der Waals surface area contributed by atoms with E-state index in [1.54, 1.807) is 48.5 Å². The molecule has 0 bridgehead atoms. The second-order valence-corrected chi connectivity index (χ2v) is 8.98. The number of aryl methyl sites for hydroxylation is 1. The van der Waals surface area contributed by atoms with Gasteiger partial charge in [0.05, 0.1) is 29.7 Å². The average molecular weight is 509 g/mol. The van der Waals surface area contributed by atoms with Crippen LogP contribution in [-0.4, -0.2) is 55.8 Å². The van der Waals surface area contributed by atoms with Crippen molar-refractivity contribution in [1.82, 2.24) is 24.3 Å². The van der Waals surface area contributed by atoms with Crippen LogP contribution in [0.1, 0.15) is 48.1 Å². The number of nitrogens with zero attached hydrogens (tertiary/aromatic N) is 5. The van der Waals surface area contributed by atoms with Crippen molar-refractivity contribution < 1.29 is 14.3 Å². The number of hydrogen-bond donors (Lipinski definition) is 1.